The molecular weight excluding hydrogens is 180 g/mol. The highest BCUT2D eigenvalue weighted by Gasteiger charge is 1.87. The van der Waals surface area contributed by atoms with E-state index in [2.05, 4.69) is 31.2 Å². The highest BCUT2D eigenvalue weighted by Crippen LogP contribution is 2.07. The first-order chi connectivity index (χ1) is 7.43. The first-order valence-corrected chi connectivity index (χ1v) is 6.06. The van der Waals surface area contributed by atoms with Crippen LogP contribution in [0.3, 0.4) is 0 Å². The number of unbranched alkanes of at least 4 members (excludes halogenated alkanes) is 5. The molecule has 0 spiro atoms. The van der Waals surface area contributed by atoms with E-state index in [-0.39, 0.29) is 0 Å². The highest BCUT2D eigenvalue weighted by atomic mass is 13.9. The van der Waals surface area contributed by atoms with Crippen molar-refractivity contribution in [1.29, 1.82) is 0 Å². The third kappa shape index (κ3) is 6.11. The van der Waals surface area contributed by atoms with Crippen LogP contribution in [0.1, 0.15) is 51.0 Å². The van der Waals surface area contributed by atoms with Crippen LogP contribution in [-0.2, 0) is 0 Å². The number of rotatable bonds is 7. The van der Waals surface area contributed by atoms with Crippen molar-refractivity contribution in [3.8, 4) is 0 Å². The van der Waals surface area contributed by atoms with Crippen molar-refractivity contribution >= 4 is 6.08 Å². The summed E-state index contributed by atoms with van der Waals surface area (Å²) in [6.45, 7) is 2.26. The van der Waals surface area contributed by atoms with Gasteiger partial charge in [0.05, 0.1) is 0 Å². The molecule has 0 aliphatic carbocycles. The zero-order valence-electron chi connectivity index (χ0n) is 9.71. The van der Waals surface area contributed by atoms with E-state index in [4.69, 9.17) is 0 Å². The van der Waals surface area contributed by atoms with Crippen molar-refractivity contribution in [2.45, 2.75) is 45.4 Å². The van der Waals surface area contributed by atoms with Crippen LogP contribution in [0.5, 0.6) is 0 Å². The van der Waals surface area contributed by atoms with E-state index in [1.807, 2.05) is 18.2 Å². The van der Waals surface area contributed by atoms with Gasteiger partial charge < -0.3 is 0 Å². The third-order valence-electron chi connectivity index (χ3n) is 2.52. The van der Waals surface area contributed by atoms with E-state index in [1.165, 1.54) is 44.1 Å². The topological polar surface area (TPSA) is 0 Å². The van der Waals surface area contributed by atoms with Gasteiger partial charge in [0, 0.05) is 0 Å². The van der Waals surface area contributed by atoms with Gasteiger partial charge in [-0.1, -0.05) is 63.0 Å². The molecule has 81 valence electrons. The smallest absolute Gasteiger partial charge is 0.0178 e. The van der Waals surface area contributed by atoms with Gasteiger partial charge in [-0.25, -0.2) is 0 Å². The van der Waals surface area contributed by atoms with Gasteiger partial charge in [0.25, 0.3) is 0 Å². The van der Waals surface area contributed by atoms with Crippen LogP contribution in [0, 0.1) is 6.07 Å². The molecule has 0 heterocycles. The Hall–Kier alpha value is -1.04. The Bertz CT molecular complexity index is 259. The van der Waals surface area contributed by atoms with E-state index in [1.54, 1.807) is 0 Å². The summed E-state index contributed by atoms with van der Waals surface area (Å²) in [5.41, 5.74) is 1.26. The van der Waals surface area contributed by atoms with Gasteiger partial charge >= 0.3 is 0 Å². The Kier molecular flexibility index (Phi) is 6.64. The van der Waals surface area contributed by atoms with Crippen molar-refractivity contribution in [3.63, 3.8) is 0 Å². The lowest BCUT2D eigenvalue weighted by Gasteiger charge is -1.96. The van der Waals surface area contributed by atoms with Crippen LogP contribution in [0.25, 0.3) is 6.08 Å². The quantitative estimate of drug-likeness (QED) is 0.553. The zero-order valence-corrected chi connectivity index (χ0v) is 9.71. The summed E-state index contributed by atoms with van der Waals surface area (Å²) in [7, 11) is 0. The van der Waals surface area contributed by atoms with Crippen molar-refractivity contribution in [2.24, 2.45) is 0 Å². The lowest BCUT2D eigenvalue weighted by molar-refractivity contribution is 0.638. The number of hydrogen-bond acceptors (Lipinski definition) is 0. The standard InChI is InChI=1S/C15H21/c1-2-3-4-5-6-7-9-12-15-13-10-8-11-14-15/h8-10,12-14H,2-7H2,1H3. The number of hydrogen-bond donors (Lipinski definition) is 0. The van der Waals surface area contributed by atoms with Crippen molar-refractivity contribution in [3.05, 3.63) is 42.0 Å². The third-order valence-corrected chi connectivity index (χ3v) is 2.52. The van der Waals surface area contributed by atoms with E-state index in [9.17, 15) is 0 Å². The van der Waals surface area contributed by atoms with Crippen LogP contribution in [-0.4, -0.2) is 0 Å². The minimum Gasteiger partial charge on any atom is -0.0839 e. The molecule has 0 nitrogen and oxygen atoms in total. The van der Waals surface area contributed by atoms with E-state index in [0.717, 1.165) is 0 Å². The Balaban J connectivity index is 2.07. The lowest BCUT2D eigenvalue weighted by atomic mass is 10.1. The molecule has 0 N–H and O–H groups in total. The predicted molar refractivity (Wildman–Crippen MR) is 67.7 cm³/mol. The van der Waals surface area contributed by atoms with Gasteiger partial charge in [-0.05, 0) is 30.5 Å². The van der Waals surface area contributed by atoms with Crippen LogP contribution >= 0.6 is 0 Å². The summed E-state index contributed by atoms with van der Waals surface area (Å²) < 4.78 is 0. The van der Waals surface area contributed by atoms with E-state index >= 15 is 0 Å². The Morgan fingerprint density at radius 1 is 1.20 bits per heavy atom. The van der Waals surface area contributed by atoms with Gasteiger partial charge in [-0.15, -0.1) is 0 Å². The molecule has 0 saturated heterocycles. The van der Waals surface area contributed by atoms with Crippen molar-refractivity contribution in [1.82, 2.24) is 0 Å². The molecule has 0 amide bonds. The van der Waals surface area contributed by atoms with Gasteiger partial charge in [0.1, 0.15) is 0 Å². The van der Waals surface area contributed by atoms with Crippen molar-refractivity contribution in [2.75, 3.05) is 0 Å². The fourth-order valence-electron chi connectivity index (χ4n) is 1.60. The summed E-state index contributed by atoms with van der Waals surface area (Å²) in [4.78, 5) is 0. The molecule has 0 aliphatic heterocycles. The monoisotopic (exact) mass is 201 g/mol. The molecule has 0 unspecified atom stereocenters. The Labute approximate surface area is 94.0 Å². The van der Waals surface area contributed by atoms with Gasteiger partial charge in [0.15, 0.2) is 0 Å². The molecule has 1 rings (SSSR count). The van der Waals surface area contributed by atoms with Crippen LogP contribution in [0.15, 0.2) is 30.3 Å². The van der Waals surface area contributed by atoms with Crippen LogP contribution in [0.2, 0.25) is 0 Å². The SMILES string of the molecule is CCCCCCCC=Cc1c[c]ccc1. The van der Waals surface area contributed by atoms with Gasteiger partial charge in [0.2, 0.25) is 0 Å². The largest absolute Gasteiger partial charge is 0.0839 e. The molecule has 0 heteroatoms. The molecule has 0 fully saturated rings. The number of allylic oxidation sites excluding steroid dienone is 1. The average Bonchev–Trinajstić information content (AvgIpc) is 2.29. The molecule has 0 saturated carbocycles. The zero-order chi connectivity index (χ0) is 10.8. The fraction of sp³-hybridized carbons (Fsp3) is 0.467. The van der Waals surface area contributed by atoms with E-state index in [0.29, 0.717) is 0 Å². The van der Waals surface area contributed by atoms with Gasteiger partial charge in [-0.2, -0.15) is 0 Å². The Morgan fingerprint density at radius 3 is 2.80 bits per heavy atom. The highest BCUT2D eigenvalue weighted by molar-refractivity contribution is 5.48. The summed E-state index contributed by atoms with van der Waals surface area (Å²) in [5, 5.41) is 0. The van der Waals surface area contributed by atoms with E-state index < -0.39 is 0 Å². The Morgan fingerprint density at radius 2 is 2.07 bits per heavy atom. The normalized spacial score (nSPS) is 11.0. The molecule has 0 atom stereocenters. The summed E-state index contributed by atoms with van der Waals surface area (Å²) in [5.74, 6) is 0. The maximum absolute atomic E-state index is 3.08. The molecule has 0 aliphatic rings. The van der Waals surface area contributed by atoms with Crippen LogP contribution < -0.4 is 0 Å². The minimum absolute atomic E-state index is 1.21. The second-order valence-electron chi connectivity index (χ2n) is 3.94. The first kappa shape index (κ1) is 12.0. The fourth-order valence-corrected chi connectivity index (χ4v) is 1.60. The minimum atomic E-state index is 1.21. The predicted octanol–water partition coefficient (Wildman–Crippen LogP) is 4.86. The van der Waals surface area contributed by atoms with Gasteiger partial charge in [-0.3, -0.25) is 0 Å². The molecular formula is C15H21. The van der Waals surface area contributed by atoms with Crippen molar-refractivity contribution < 1.29 is 0 Å². The molecule has 1 aromatic rings. The maximum atomic E-state index is 3.08. The van der Waals surface area contributed by atoms with Crippen LogP contribution in [0.4, 0.5) is 0 Å². The molecule has 0 bridgehead atoms. The molecule has 1 radical (unpaired) electrons. The maximum Gasteiger partial charge on any atom is -0.0178 e. The molecule has 0 aromatic heterocycles. The molecule has 15 heavy (non-hydrogen) atoms. The summed E-state index contributed by atoms with van der Waals surface area (Å²) in [6.07, 6.45) is 12.5. The number of benzene rings is 1. The summed E-state index contributed by atoms with van der Waals surface area (Å²) >= 11 is 0. The second kappa shape index (κ2) is 8.28. The average molecular weight is 201 g/mol. The first-order valence-electron chi connectivity index (χ1n) is 6.06. The second-order valence-corrected chi connectivity index (χ2v) is 3.94. The molecule has 1 aromatic carbocycles. The summed E-state index contributed by atoms with van der Waals surface area (Å²) in [6, 6.07) is 11.2. The lowest BCUT2D eigenvalue weighted by Crippen LogP contribution is -1.76.